The lowest BCUT2D eigenvalue weighted by molar-refractivity contribution is 0.229. The molecule has 2 aliphatic heterocycles. The van der Waals surface area contributed by atoms with Gasteiger partial charge < -0.3 is 9.64 Å². The Morgan fingerprint density at radius 1 is 1.39 bits per heavy atom. The van der Waals surface area contributed by atoms with Gasteiger partial charge in [0.15, 0.2) is 0 Å². The molecule has 0 bridgehead atoms. The number of anilines is 1. The molecule has 18 heavy (non-hydrogen) atoms. The van der Waals surface area contributed by atoms with Crippen molar-refractivity contribution in [3.63, 3.8) is 0 Å². The SMILES string of the molecule is CCOc1ccnc(N2CCN3CCC[C@H]3C2)n1. The van der Waals surface area contributed by atoms with Gasteiger partial charge in [-0.1, -0.05) is 0 Å². The summed E-state index contributed by atoms with van der Waals surface area (Å²) < 4.78 is 5.44. The van der Waals surface area contributed by atoms with Gasteiger partial charge in [0.1, 0.15) is 0 Å². The summed E-state index contributed by atoms with van der Waals surface area (Å²) in [4.78, 5) is 13.7. The molecular formula is C13H20N4O. The van der Waals surface area contributed by atoms with Crippen LogP contribution in [0.25, 0.3) is 0 Å². The van der Waals surface area contributed by atoms with Crippen molar-refractivity contribution in [1.82, 2.24) is 14.9 Å². The Balaban J connectivity index is 1.72. The number of aromatic nitrogens is 2. The highest BCUT2D eigenvalue weighted by Gasteiger charge is 2.31. The summed E-state index contributed by atoms with van der Waals surface area (Å²) in [6.45, 7) is 7.08. The van der Waals surface area contributed by atoms with E-state index in [1.807, 2.05) is 13.0 Å². The zero-order chi connectivity index (χ0) is 12.4. The number of piperazine rings is 1. The van der Waals surface area contributed by atoms with Crippen LogP contribution in [0.4, 0.5) is 5.95 Å². The molecule has 0 aliphatic carbocycles. The second-order valence-electron chi connectivity index (χ2n) is 4.91. The number of rotatable bonds is 3. The second-order valence-corrected chi connectivity index (χ2v) is 4.91. The zero-order valence-electron chi connectivity index (χ0n) is 10.9. The van der Waals surface area contributed by atoms with E-state index in [1.165, 1.54) is 19.4 Å². The standard InChI is InChI=1S/C13H20N4O/c1-2-18-12-5-6-14-13(15-12)17-9-8-16-7-3-4-11(16)10-17/h5-6,11H,2-4,7-10H2,1H3/t11-/m0/s1. The van der Waals surface area contributed by atoms with Crippen LogP contribution in [-0.2, 0) is 0 Å². The first-order valence-corrected chi connectivity index (χ1v) is 6.81. The average molecular weight is 248 g/mol. The van der Waals surface area contributed by atoms with Crippen LogP contribution >= 0.6 is 0 Å². The lowest BCUT2D eigenvalue weighted by atomic mass is 10.2. The molecule has 3 heterocycles. The molecule has 0 unspecified atom stereocenters. The van der Waals surface area contributed by atoms with Crippen LogP contribution in [0.5, 0.6) is 5.88 Å². The number of hydrogen-bond donors (Lipinski definition) is 0. The van der Waals surface area contributed by atoms with E-state index in [4.69, 9.17) is 4.74 Å². The molecule has 0 aromatic carbocycles. The van der Waals surface area contributed by atoms with E-state index >= 15 is 0 Å². The summed E-state index contributed by atoms with van der Waals surface area (Å²) in [5.74, 6) is 1.49. The van der Waals surface area contributed by atoms with E-state index in [-0.39, 0.29) is 0 Å². The van der Waals surface area contributed by atoms with Crippen LogP contribution in [0, 0.1) is 0 Å². The van der Waals surface area contributed by atoms with E-state index < -0.39 is 0 Å². The van der Waals surface area contributed by atoms with Crippen molar-refractivity contribution >= 4 is 5.95 Å². The van der Waals surface area contributed by atoms with Crippen LogP contribution in [0.3, 0.4) is 0 Å². The third-order valence-corrected chi connectivity index (χ3v) is 3.78. The molecule has 0 spiro atoms. The van der Waals surface area contributed by atoms with Crippen LogP contribution in [0.2, 0.25) is 0 Å². The zero-order valence-corrected chi connectivity index (χ0v) is 10.9. The van der Waals surface area contributed by atoms with Gasteiger partial charge in [-0.2, -0.15) is 4.98 Å². The molecule has 5 nitrogen and oxygen atoms in total. The fraction of sp³-hybridized carbons (Fsp3) is 0.692. The Hall–Kier alpha value is -1.36. The largest absolute Gasteiger partial charge is 0.478 e. The molecular weight excluding hydrogens is 228 g/mol. The average Bonchev–Trinajstić information content (AvgIpc) is 2.86. The molecule has 0 saturated carbocycles. The molecule has 2 aliphatic rings. The minimum Gasteiger partial charge on any atom is -0.478 e. The van der Waals surface area contributed by atoms with E-state index in [0.29, 0.717) is 18.5 Å². The van der Waals surface area contributed by atoms with Gasteiger partial charge in [-0.15, -0.1) is 0 Å². The highest BCUT2D eigenvalue weighted by atomic mass is 16.5. The first-order chi connectivity index (χ1) is 8.86. The van der Waals surface area contributed by atoms with Gasteiger partial charge in [-0.25, -0.2) is 4.98 Å². The van der Waals surface area contributed by atoms with Gasteiger partial charge in [0.05, 0.1) is 6.61 Å². The van der Waals surface area contributed by atoms with Gasteiger partial charge in [-0.3, -0.25) is 4.90 Å². The first-order valence-electron chi connectivity index (χ1n) is 6.81. The predicted octanol–water partition coefficient (Wildman–Crippen LogP) is 1.16. The topological polar surface area (TPSA) is 41.5 Å². The maximum absolute atomic E-state index is 5.44. The van der Waals surface area contributed by atoms with Crippen molar-refractivity contribution in [3.8, 4) is 5.88 Å². The van der Waals surface area contributed by atoms with Gasteiger partial charge in [0, 0.05) is 37.9 Å². The van der Waals surface area contributed by atoms with Gasteiger partial charge in [0.2, 0.25) is 11.8 Å². The molecule has 5 heteroatoms. The third kappa shape index (κ3) is 2.27. The number of ether oxygens (including phenoxy) is 1. The smallest absolute Gasteiger partial charge is 0.228 e. The van der Waals surface area contributed by atoms with Crippen molar-refractivity contribution in [2.75, 3.05) is 37.7 Å². The summed E-state index contributed by atoms with van der Waals surface area (Å²) >= 11 is 0. The van der Waals surface area contributed by atoms with E-state index in [9.17, 15) is 0 Å². The van der Waals surface area contributed by atoms with Crippen LogP contribution in [-0.4, -0.2) is 53.7 Å². The van der Waals surface area contributed by atoms with Gasteiger partial charge in [0.25, 0.3) is 0 Å². The Bertz CT molecular complexity index is 412. The fourth-order valence-corrected chi connectivity index (χ4v) is 2.89. The Labute approximate surface area is 108 Å². The molecule has 1 atom stereocenters. The molecule has 0 radical (unpaired) electrons. The fourth-order valence-electron chi connectivity index (χ4n) is 2.89. The van der Waals surface area contributed by atoms with Gasteiger partial charge in [-0.05, 0) is 26.3 Å². The number of hydrogen-bond acceptors (Lipinski definition) is 5. The van der Waals surface area contributed by atoms with Crippen molar-refractivity contribution in [1.29, 1.82) is 0 Å². The first kappa shape index (κ1) is 11.7. The summed E-state index contributed by atoms with van der Waals surface area (Å²) in [6, 6.07) is 2.51. The van der Waals surface area contributed by atoms with Crippen molar-refractivity contribution in [3.05, 3.63) is 12.3 Å². The monoisotopic (exact) mass is 248 g/mol. The van der Waals surface area contributed by atoms with E-state index in [1.54, 1.807) is 6.20 Å². The summed E-state index contributed by atoms with van der Waals surface area (Å²) in [6.07, 6.45) is 4.42. The highest BCUT2D eigenvalue weighted by Crippen LogP contribution is 2.24. The van der Waals surface area contributed by atoms with E-state index in [2.05, 4.69) is 19.8 Å². The van der Waals surface area contributed by atoms with Crippen molar-refractivity contribution in [2.24, 2.45) is 0 Å². The second kappa shape index (κ2) is 5.10. The normalized spacial score (nSPS) is 24.1. The van der Waals surface area contributed by atoms with Crippen LogP contribution in [0.15, 0.2) is 12.3 Å². The lowest BCUT2D eigenvalue weighted by Gasteiger charge is -2.37. The Kier molecular flexibility index (Phi) is 3.32. The molecule has 3 rings (SSSR count). The molecule has 98 valence electrons. The Morgan fingerprint density at radius 3 is 3.22 bits per heavy atom. The van der Waals surface area contributed by atoms with Crippen LogP contribution < -0.4 is 9.64 Å². The highest BCUT2D eigenvalue weighted by molar-refractivity contribution is 5.33. The molecule has 0 amide bonds. The number of fused-ring (bicyclic) bond motifs is 1. The lowest BCUT2D eigenvalue weighted by Crippen LogP contribution is -2.50. The molecule has 0 N–H and O–H groups in total. The minimum absolute atomic E-state index is 0.646. The summed E-state index contributed by atoms with van der Waals surface area (Å²) in [7, 11) is 0. The molecule has 1 aromatic rings. The summed E-state index contributed by atoms with van der Waals surface area (Å²) in [5, 5.41) is 0. The summed E-state index contributed by atoms with van der Waals surface area (Å²) in [5.41, 5.74) is 0. The minimum atomic E-state index is 0.646. The van der Waals surface area contributed by atoms with E-state index in [0.717, 1.165) is 25.6 Å². The molecule has 1 aromatic heterocycles. The third-order valence-electron chi connectivity index (χ3n) is 3.78. The van der Waals surface area contributed by atoms with Crippen LogP contribution in [0.1, 0.15) is 19.8 Å². The van der Waals surface area contributed by atoms with Crippen molar-refractivity contribution in [2.45, 2.75) is 25.8 Å². The molecule has 2 fully saturated rings. The van der Waals surface area contributed by atoms with Gasteiger partial charge >= 0.3 is 0 Å². The number of nitrogens with zero attached hydrogens (tertiary/aromatic N) is 4. The maximum Gasteiger partial charge on any atom is 0.228 e. The molecule has 2 saturated heterocycles. The Morgan fingerprint density at radius 2 is 2.33 bits per heavy atom. The maximum atomic E-state index is 5.44. The quantitative estimate of drug-likeness (QED) is 0.803. The van der Waals surface area contributed by atoms with Crippen molar-refractivity contribution < 1.29 is 4.74 Å². The predicted molar refractivity (Wildman–Crippen MR) is 70.0 cm³/mol.